The minimum absolute atomic E-state index is 0.0272. The number of carbonyl (C=O) groups is 1. The number of carbonyl (C=O) groups excluding carboxylic acids is 1. The Hall–Kier alpha value is -1.40. The topological polar surface area (TPSA) is 64.6 Å². The molecule has 0 atom stereocenters. The second kappa shape index (κ2) is 7.40. The SMILES string of the molecule is CCOCC(=O)OC1CCN(c2ccc(Cl)nn2)CC1. The van der Waals surface area contributed by atoms with Crippen LogP contribution in [0, 0.1) is 0 Å². The van der Waals surface area contributed by atoms with Crippen molar-refractivity contribution in [2.24, 2.45) is 0 Å². The number of anilines is 1. The van der Waals surface area contributed by atoms with Crippen LogP contribution < -0.4 is 4.90 Å². The smallest absolute Gasteiger partial charge is 0.332 e. The third-order valence-electron chi connectivity index (χ3n) is 3.11. The first-order valence-electron chi connectivity index (χ1n) is 6.70. The van der Waals surface area contributed by atoms with Crippen molar-refractivity contribution in [3.63, 3.8) is 0 Å². The maximum Gasteiger partial charge on any atom is 0.332 e. The van der Waals surface area contributed by atoms with Gasteiger partial charge in [0.15, 0.2) is 11.0 Å². The number of halogens is 1. The fourth-order valence-electron chi connectivity index (χ4n) is 2.09. The normalized spacial score (nSPS) is 16.2. The Kier molecular flexibility index (Phi) is 5.55. The van der Waals surface area contributed by atoms with Crippen molar-refractivity contribution in [3.05, 3.63) is 17.3 Å². The third kappa shape index (κ3) is 4.31. The van der Waals surface area contributed by atoms with Gasteiger partial charge in [-0.15, -0.1) is 10.2 Å². The third-order valence-corrected chi connectivity index (χ3v) is 3.31. The van der Waals surface area contributed by atoms with E-state index in [1.165, 1.54) is 0 Å². The highest BCUT2D eigenvalue weighted by atomic mass is 35.5. The van der Waals surface area contributed by atoms with E-state index in [-0.39, 0.29) is 18.7 Å². The number of hydrogen-bond acceptors (Lipinski definition) is 6. The average Bonchev–Trinajstić information content (AvgIpc) is 2.47. The number of ether oxygens (including phenoxy) is 2. The first kappa shape index (κ1) is 15.0. The minimum Gasteiger partial charge on any atom is -0.461 e. The monoisotopic (exact) mass is 299 g/mol. The minimum atomic E-state index is -0.295. The van der Waals surface area contributed by atoms with Crippen LogP contribution in [0.2, 0.25) is 5.15 Å². The van der Waals surface area contributed by atoms with E-state index in [1.807, 2.05) is 13.0 Å². The van der Waals surface area contributed by atoms with Crippen molar-refractivity contribution in [2.45, 2.75) is 25.9 Å². The van der Waals surface area contributed by atoms with Crippen LogP contribution in [0.3, 0.4) is 0 Å². The number of hydrogen-bond donors (Lipinski definition) is 0. The van der Waals surface area contributed by atoms with Crippen LogP contribution >= 0.6 is 11.6 Å². The summed E-state index contributed by atoms with van der Waals surface area (Å²) < 4.78 is 10.4. The lowest BCUT2D eigenvalue weighted by Gasteiger charge is -2.32. The van der Waals surface area contributed by atoms with E-state index < -0.39 is 0 Å². The summed E-state index contributed by atoms with van der Waals surface area (Å²) >= 11 is 5.71. The van der Waals surface area contributed by atoms with Gasteiger partial charge in [-0.2, -0.15) is 0 Å². The molecule has 6 nitrogen and oxygen atoms in total. The molecule has 110 valence electrons. The number of rotatable bonds is 5. The van der Waals surface area contributed by atoms with Crippen molar-refractivity contribution in [3.8, 4) is 0 Å². The standard InChI is InChI=1S/C13H18ClN3O3/c1-2-19-9-13(18)20-10-5-7-17(8-6-10)12-4-3-11(14)15-16-12/h3-4,10H,2,5-9H2,1H3. The lowest BCUT2D eigenvalue weighted by Crippen LogP contribution is -2.38. The first-order valence-corrected chi connectivity index (χ1v) is 7.08. The van der Waals surface area contributed by atoms with Gasteiger partial charge in [0.1, 0.15) is 12.7 Å². The number of nitrogens with zero attached hydrogens (tertiary/aromatic N) is 3. The predicted octanol–water partition coefficient (Wildman–Crippen LogP) is 1.68. The molecule has 1 aliphatic rings. The molecule has 0 saturated carbocycles. The van der Waals surface area contributed by atoms with Gasteiger partial charge in [0.05, 0.1) is 0 Å². The molecule has 1 aliphatic heterocycles. The summed E-state index contributed by atoms with van der Waals surface area (Å²) in [7, 11) is 0. The fraction of sp³-hybridized carbons (Fsp3) is 0.615. The predicted molar refractivity (Wildman–Crippen MR) is 74.9 cm³/mol. The molecular weight excluding hydrogens is 282 g/mol. The summed E-state index contributed by atoms with van der Waals surface area (Å²) in [4.78, 5) is 13.6. The molecule has 0 bridgehead atoms. The largest absolute Gasteiger partial charge is 0.461 e. The van der Waals surface area contributed by atoms with Gasteiger partial charge in [-0.25, -0.2) is 4.79 Å². The fourth-order valence-corrected chi connectivity index (χ4v) is 2.19. The molecule has 2 rings (SSSR count). The highest BCUT2D eigenvalue weighted by molar-refractivity contribution is 6.29. The molecule has 0 amide bonds. The number of aromatic nitrogens is 2. The molecule has 7 heteroatoms. The first-order chi connectivity index (χ1) is 9.69. The Morgan fingerprint density at radius 1 is 1.40 bits per heavy atom. The summed E-state index contributed by atoms with van der Waals surface area (Å²) in [6.07, 6.45) is 1.52. The highest BCUT2D eigenvalue weighted by Crippen LogP contribution is 2.19. The van der Waals surface area contributed by atoms with Crippen LogP contribution in [0.5, 0.6) is 0 Å². The maximum absolute atomic E-state index is 11.5. The Morgan fingerprint density at radius 3 is 2.75 bits per heavy atom. The van der Waals surface area contributed by atoms with Gasteiger partial charge >= 0.3 is 5.97 Å². The van der Waals surface area contributed by atoms with Crippen molar-refractivity contribution in [1.82, 2.24) is 10.2 Å². The molecule has 2 heterocycles. The Balaban J connectivity index is 1.77. The van der Waals surface area contributed by atoms with E-state index in [0.29, 0.717) is 11.8 Å². The van der Waals surface area contributed by atoms with Crippen molar-refractivity contribution in [2.75, 3.05) is 31.2 Å². The van der Waals surface area contributed by atoms with E-state index in [2.05, 4.69) is 15.1 Å². The van der Waals surface area contributed by atoms with E-state index in [1.54, 1.807) is 6.07 Å². The van der Waals surface area contributed by atoms with Gasteiger partial charge in [-0.05, 0) is 19.1 Å². The second-order valence-electron chi connectivity index (χ2n) is 4.53. The molecule has 1 aromatic heterocycles. The number of esters is 1. The zero-order chi connectivity index (χ0) is 14.4. The molecule has 0 radical (unpaired) electrons. The Morgan fingerprint density at radius 2 is 2.15 bits per heavy atom. The van der Waals surface area contributed by atoms with Gasteiger partial charge < -0.3 is 14.4 Å². The van der Waals surface area contributed by atoms with Gasteiger partial charge in [0.25, 0.3) is 0 Å². The van der Waals surface area contributed by atoms with Gasteiger partial charge in [-0.1, -0.05) is 11.6 Å². The van der Waals surface area contributed by atoms with E-state index >= 15 is 0 Å². The zero-order valence-corrected chi connectivity index (χ0v) is 12.2. The van der Waals surface area contributed by atoms with Crippen LogP contribution in [0.15, 0.2) is 12.1 Å². The summed E-state index contributed by atoms with van der Waals surface area (Å²) in [6, 6.07) is 3.56. The number of piperidine rings is 1. The maximum atomic E-state index is 11.5. The van der Waals surface area contributed by atoms with Crippen LogP contribution in [-0.4, -0.2) is 48.6 Å². The molecule has 1 saturated heterocycles. The molecular formula is C13H18ClN3O3. The quantitative estimate of drug-likeness (QED) is 0.771. The van der Waals surface area contributed by atoms with Crippen LogP contribution in [0.25, 0.3) is 0 Å². The summed E-state index contributed by atoms with van der Waals surface area (Å²) in [5, 5.41) is 8.25. The van der Waals surface area contributed by atoms with Gasteiger partial charge in [-0.3, -0.25) is 0 Å². The molecule has 20 heavy (non-hydrogen) atoms. The molecule has 1 fully saturated rings. The van der Waals surface area contributed by atoms with Gasteiger partial charge in [0, 0.05) is 32.5 Å². The van der Waals surface area contributed by atoms with Crippen molar-refractivity contribution < 1.29 is 14.3 Å². The van der Waals surface area contributed by atoms with Crippen molar-refractivity contribution in [1.29, 1.82) is 0 Å². The molecule has 1 aromatic rings. The molecule has 0 N–H and O–H groups in total. The Bertz CT molecular complexity index is 433. The van der Waals surface area contributed by atoms with Crippen LogP contribution in [0.1, 0.15) is 19.8 Å². The molecule has 0 aromatic carbocycles. The van der Waals surface area contributed by atoms with Crippen LogP contribution in [-0.2, 0) is 14.3 Å². The molecule has 0 unspecified atom stereocenters. The lowest BCUT2D eigenvalue weighted by atomic mass is 10.1. The summed E-state index contributed by atoms with van der Waals surface area (Å²) in [6.45, 7) is 3.95. The highest BCUT2D eigenvalue weighted by Gasteiger charge is 2.23. The van der Waals surface area contributed by atoms with E-state index in [0.717, 1.165) is 31.7 Å². The lowest BCUT2D eigenvalue weighted by molar-refractivity contribution is -0.155. The van der Waals surface area contributed by atoms with E-state index in [4.69, 9.17) is 21.1 Å². The van der Waals surface area contributed by atoms with E-state index in [9.17, 15) is 4.79 Å². The zero-order valence-electron chi connectivity index (χ0n) is 11.4. The molecule has 0 spiro atoms. The average molecular weight is 300 g/mol. The van der Waals surface area contributed by atoms with Crippen molar-refractivity contribution >= 4 is 23.4 Å². The summed E-state index contributed by atoms with van der Waals surface area (Å²) in [5.41, 5.74) is 0. The van der Waals surface area contributed by atoms with Crippen LogP contribution in [0.4, 0.5) is 5.82 Å². The Labute approximate surface area is 123 Å². The summed E-state index contributed by atoms with van der Waals surface area (Å²) in [5.74, 6) is 0.505. The second-order valence-corrected chi connectivity index (χ2v) is 4.91. The molecule has 0 aliphatic carbocycles. The van der Waals surface area contributed by atoms with Gasteiger partial charge in [0.2, 0.25) is 0 Å².